The Morgan fingerprint density at radius 2 is 2.00 bits per heavy atom. The van der Waals surface area contributed by atoms with Crippen LogP contribution in [0.2, 0.25) is 10.2 Å². The Kier molecular flexibility index (Phi) is 3.93. The maximum Gasteiger partial charge on any atom is 0.147 e. The van der Waals surface area contributed by atoms with Gasteiger partial charge in [0, 0.05) is 17.1 Å². The lowest BCUT2D eigenvalue weighted by atomic mass is 10.1. The lowest BCUT2D eigenvalue weighted by Crippen LogP contribution is -2.03. The number of aromatic nitrogens is 2. The van der Waals surface area contributed by atoms with Crippen molar-refractivity contribution in [2.75, 3.05) is 7.11 Å². The highest BCUT2D eigenvalue weighted by Crippen LogP contribution is 2.37. The molecule has 0 bridgehead atoms. The molecule has 0 saturated heterocycles. The first-order valence-electron chi connectivity index (χ1n) is 6.89. The minimum absolute atomic E-state index is 0.316. The van der Waals surface area contributed by atoms with Crippen LogP contribution in [-0.4, -0.2) is 16.7 Å². The number of hydrogen-bond acceptors (Lipinski definition) is 3. The van der Waals surface area contributed by atoms with Crippen LogP contribution in [0.1, 0.15) is 16.7 Å². The zero-order chi connectivity index (χ0) is 16.7. The molecule has 0 fully saturated rings. The zero-order valence-electron chi connectivity index (χ0n) is 12.8. The second-order valence-corrected chi connectivity index (χ2v) is 5.99. The first-order chi connectivity index (χ1) is 11.0. The molecule has 3 rings (SSSR count). The Labute approximate surface area is 143 Å². The molecule has 0 amide bonds. The van der Waals surface area contributed by atoms with Gasteiger partial charge in [0.05, 0.1) is 23.4 Å². The van der Waals surface area contributed by atoms with Gasteiger partial charge in [-0.25, -0.2) is 4.98 Å². The molecule has 116 valence electrons. The van der Waals surface area contributed by atoms with E-state index in [-0.39, 0.29) is 0 Å². The van der Waals surface area contributed by atoms with Crippen molar-refractivity contribution in [3.8, 4) is 17.5 Å². The fraction of sp³-hybridized carbons (Fsp3) is 0.176. The van der Waals surface area contributed by atoms with Crippen molar-refractivity contribution in [3.63, 3.8) is 0 Å². The molecule has 0 spiro atoms. The van der Waals surface area contributed by atoms with E-state index in [1.165, 1.54) is 0 Å². The summed E-state index contributed by atoms with van der Waals surface area (Å²) in [6.45, 7) is 3.93. The molecule has 0 aliphatic rings. The Morgan fingerprint density at radius 3 is 2.65 bits per heavy atom. The summed E-state index contributed by atoms with van der Waals surface area (Å²) in [5, 5.41) is 10.9. The van der Waals surface area contributed by atoms with E-state index in [0.29, 0.717) is 26.8 Å². The molecule has 3 aromatic rings. The Balaban J connectivity index is 2.48. The highest BCUT2D eigenvalue weighted by Gasteiger charge is 2.21. The molecule has 0 atom stereocenters. The van der Waals surface area contributed by atoms with Gasteiger partial charge in [0.2, 0.25) is 0 Å². The van der Waals surface area contributed by atoms with Crippen molar-refractivity contribution < 1.29 is 4.74 Å². The summed E-state index contributed by atoms with van der Waals surface area (Å²) in [5.41, 5.74) is 3.74. The van der Waals surface area contributed by atoms with E-state index in [0.717, 1.165) is 22.6 Å². The smallest absolute Gasteiger partial charge is 0.147 e. The number of halogens is 2. The monoisotopic (exact) mass is 345 g/mol. The van der Waals surface area contributed by atoms with Gasteiger partial charge < -0.3 is 4.74 Å². The molecule has 0 unspecified atom stereocenters. The Morgan fingerprint density at radius 1 is 1.26 bits per heavy atom. The van der Waals surface area contributed by atoms with Gasteiger partial charge in [-0.05, 0) is 31.5 Å². The molecule has 0 saturated carbocycles. The van der Waals surface area contributed by atoms with Crippen molar-refractivity contribution in [2.45, 2.75) is 13.8 Å². The van der Waals surface area contributed by atoms with Gasteiger partial charge >= 0.3 is 0 Å². The van der Waals surface area contributed by atoms with E-state index in [2.05, 4.69) is 11.1 Å². The summed E-state index contributed by atoms with van der Waals surface area (Å²) in [7, 11) is 1.62. The van der Waals surface area contributed by atoms with Gasteiger partial charge in [0.25, 0.3) is 0 Å². The average molecular weight is 346 g/mol. The van der Waals surface area contributed by atoms with Crippen LogP contribution < -0.4 is 4.74 Å². The van der Waals surface area contributed by atoms with Gasteiger partial charge in [-0.2, -0.15) is 5.26 Å². The number of fused-ring (bicyclic) bond motifs is 1. The standard InChI is InChI=1S/C17H13Cl2N3O/c1-9-4-5-14(23-3)10(2)15(9)22-16(19)13(7-20)12-6-11(18)8-21-17(12)22/h4-6,8H,1-3H3. The van der Waals surface area contributed by atoms with Crippen LogP contribution in [0.25, 0.3) is 16.7 Å². The summed E-state index contributed by atoms with van der Waals surface area (Å²) >= 11 is 12.5. The number of pyridine rings is 1. The zero-order valence-corrected chi connectivity index (χ0v) is 14.3. The molecule has 1 aromatic carbocycles. The third-order valence-electron chi connectivity index (χ3n) is 3.86. The fourth-order valence-corrected chi connectivity index (χ4v) is 3.27. The quantitative estimate of drug-likeness (QED) is 0.668. The van der Waals surface area contributed by atoms with E-state index in [4.69, 9.17) is 27.9 Å². The number of nitriles is 1. The van der Waals surface area contributed by atoms with Crippen LogP contribution >= 0.6 is 23.2 Å². The molecule has 23 heavy (non-hydrogen) atoms. The van der Waals surface area contributed by atoms with Crippen molar-refractivity contribution in [2.24, 2.45) is 0 Å². The maximum atomic E-state index is 9.46. The van der Waals surface area contributed by atoms with Crippen molar-refractivity contribution >= 4 is 34.2 Å². The highest BCUT2D eigenvalue weighted by molar-refractivity contribution is 6.34. The topological polar surface area (TPSA) is 50.8 Å². The number of ether oxygens (including phenoxy) is 1. The first-order valence-corrected chi connectivity index (χ1v) is 7.65. The molecule has 4 nitrogen and oxygen atoms in total. The van der Waals surface area contributed by atoms with Crippen LogP contribution in [0.3, 0.4) is 0 Å². The Hall–Kier alpha value is -2.22. The van der Waals surface area contributed by atoms with Gasteiger partial charge in [0.1, 0.15) is 22.6 Å². The summed E-state index contributed by atoms with van der Waals surface area (Å²) in [4.78, 5) is 4.38. The molecular weight excluding hydrogens is 333 g/mol. The second kappa shape index (κ2) is 5.77. The number of rotatable bonds is 2. The molecule has 2 aromatic heterocycles. The van der Waals surface area contributed by atoms with Gasteiger partial charge in [0.15, 0.2) is 0 Å². The van der Waals surface area contributed by atoms with Crippen molar-refractivity contribution in [1.82, 2.24) is 9.55 Å². The van der Waals surface area contributed by atoms with Crippen LogP contribution in [0, 0.1) is 25.2 Å². The highest BCUT2D eigenvalue weighted by atomic mass is 35.5. The molecule has 0 aliphatic carbocycles. The SMILES string of the molecule is COc1ccc(C)c(-n2c(Cl)c(C#N)c3cc(Cl)cnc32)c1C. The second-order valence-electron chi connectivity index (χ2n) is 5.20. The van der Waals surface area contributed by atoms with Crippen LogP contribution in [-0.2, 0) is 0 Å². The van der Waals surface area contributed by atoms with Gasteiger partial charge in [-0.15, -0.1) is 0 Å². The summed E-state index contributed by atoms with van der Waals surface area (Å²) < 4.78 is 7.18. The minimum Gasteiger partial charge on any atom is -0.496 e. The normalized spacial score (nSPS) is 10.8. The van der Waals surface area contributed by atoms with Crippen molar-refractivity contribution in [1.29, 1.82) is 5.26 Å². The van der Waals surface area contributed by atoms with E-state index < -0.39 is 0 Å². The largest absolute Gasteiger partial charge is 0.496 e. The van der Waals surface area contributed by atoms with E-state index >= 15 is 0 Å². The number of aryl methyl sites for hydroxylation is 1. The molecule has 0 N–H and O–H groups in total. The Bertz CT molecular complexity index is 970. The predicted octanol–water partition coefficient (Wildman–Crippen LogP) is 4.83. The lowest BCUT2D eigenvalue weighted by molar-refractivity contribution is 0.411. The number of hydrogen-bond donors (Lipinski definition) is 0. The summed E-state index contributed by atoms with van der Waals surface area (Å²) in [5.74, 6) is 0.746. The first kappa shape index (κ1) is 15.7. The number of benzene rings is 1. The molecule has 0 aliphatic heterocycles. The predicted molar refractivity (Wildman–Crippen MR) is 91.8 cm³/mol. The van der Waals surface area contributed by atoms with Crippen LogP contribution in [0.5, 0.6) is 5.75 Å². The van der Waals surface area contributed by atoms with Gasteiger partial charge in [-0.1, -0.05) is 29.3 Å². The van der Waals surface area contributed by atoms with E-state index in [9.17, 15) is 5.26 Å². The van der Waals surface area contributed by atoms with Crippen molar-refractivity contribution in [3.05, 3.63) is 51.3 Å². The molecule has 6 heteroatoms. The summed E-state index contributed by atoms with van der Waals surface area (Å²) in [6, 6.07) is 7.70. The minimum atomic E-state index is 0.316. The number of nitrogens with zero attached hydrogens (tertiary/aromatic N) is 3. The molecule has 0 radical (unpaired) electrons. The average Bonchev–Trinajstić information content (AvgIpc) is 2.79. The summed E-state index contributed by atoms with van der Waals surface area (Å²) in [6.07, 6.45) is 1.54. The van der Waals surface area contributed by atoms with Crippen LogP contribution in [0.4, 0.5) is 0 Å². The number of methoxy groups -OCH3 is 1. The van der Waals surface area contributed by atoms with Gasteiger partial charge in [-0.3, -0.25) is 4.57 Å². The van der Waals surface area contributed by atoms with Crippen LogP contribution in [0.15, 0.2) is 24.4 Å². The van der Waals surface area contributed by atoms with E-state index in [1.54, 1.807) is 23.9 Å². The molecular formula is C17H13Cl2N3O. The molecule has 2 heterocycles. The maximum absolute atomic E-state index is 9.46. The third-order valence-corrected chi connectivity index (χ3v) is 4.42. The lowest BCUT2D eigenvalue weighted by Gasteiger charge is -2.16. The fourth-order valence-electron chi connectivity index (χ4n) is 2.80. The third kappa shape index (κ3) is 2.33. The van der Waals surface area contributed by atoms with E-state index in [1.807, 2.05) is 26.0 Å².